The third kappa shape index (κ3) is 3.83. The van der Waals surface area contributed by atoms with E-state index in [4.69, 9.17) is 11.1 Å². The van der Waals surface area contributed by atoms with Gasteiger partial charge in [0.2, 0.25) is 10.0 Å². The Morgan fingerprint density at radius 3 is 2.45 bits per heavy atom. The number of nitrogens with two attached hydrogens (primary N) is 1. The van der Waals surface area contributed by atoms with Crippen LogP contribution >= 0.6 is 0 Å². The van der Waals surface area contributed by atoms with Crippen LogP contribution in [0.1, 0.15) is 11.1 Å². The van der Waals surface area contributed by atoms with Crippen LogP contribution in [0.3, 0.4) is 0 Å². The smallest absolute Gasteiger partial charge is 0.236 e. The van der Waals surface area contributed by atoms with E-state index >= 15 is 0 Å². The molecule has 0 heterocycles. The van der Waals surface area contributed by atoms with E-state index in [9.17, 15) is 8.42 Å². The van der Waals surface area contributed by atoms with E-state index in [1.54, 1.807) is 42.5 Å². The first-order valence-electron chi connectivity index (χ1n) is 5.95. The molecule has 0 atom stereocenters. The predicted molar refractivity (Wildman–Crippen MR) is 80.1 cm³/mol. The van der Waals surface area contributed by atoms with Crippen LogP contribution in [0.15, 0.2) is 54.6 Å². The average Bonchev–Trinajstić information content (AvgIpc) is 2.39. The molecule has 2 aromatic rings. The van der Waals surface area contributed by atoms with Crippen molar-refractivity contribution < 1.29 is 8.42 Å². The molecule has 2 rings (SSSR count). The molecule has 0 bridgehead atoms. The van der Waals surface area contributed by atoms with Crippen LogP contribution in [0.5, 0.6) is 0 Å². The molecule has 0 amide bonds. The standard InChI is InChI=1S/C14H15N3O2S/c15-14(16)12-7-4-8-13(9-12)17-20(18,19)10-11-5-2-1-3-6-11/h1-9,17H,10H2,(H3,15,16). The van der Waals surface area contributed by atoms with Crippen molar-refractivity contribution in [2.45, 2.75) is 5.75 Å². The first kappa shape index (κ1) is 14.1. The van der Waals surface area contributed by atoms with E-state index in [2.05, 4.69) is 4.72 Å². The van der Waals surface area contributed by atoms with E-state index in [1.807, 2.05) is 6.07 Å². The number of hydrogen-bond donors (Lipinski definition) is 3. The summed E-state index contributed by atoms with van der Waals surface area (Å²) in [6.45, 7) is 0. The molecule has 0 fully saturated rings. The fourth-order valence-corrected chi connectivity index (χ4v) is 2.95. The summed E-state index contributed by atoms with van der Waals surface area (Å²) < 4.78 is 26.6. The minimum absolute atomic E-state index is 0.0991. The predicted octanol–water partition coefficient (Wildman–Crippen LogP) is 1.91. The molecule has 104 valence electrons. The number of sulfonamides is 1. The molecule has 0 aliphatic heterocycles. The summed E-state index contributed by atoms with van der Waals surface area (Å²) in [5.41, 5.74) is 6.96. The van der Waals surface area contributed by atoms with Crippen molar-refractivity contribution in [2.24, 2.45) is 5.73 Å². The highest BCUT2D eigenvalue weighted by Crippen LogP contribution is 2.14. The van der Waals surface area contributed by atoms with Crippen LogP contribution in [-0.2, 0) is 15.8 Å². The lowest BCUT2D eigenvalue weighted by Crippen LogP contribution is -2.16. The molecule has 0 spiro atoms. The van der Waals surface area contributed by atoms with Gasteiger partial charge in [-0.25, -0.2) is 8.42 Å². The second kappa shape index (κ2) is 5.75. The minimum atomic E-state index is -3.49. The summed E-state index contributed by atoms with van der Waals surface area (Å²) in [6.07, 6.45) is 0. The van der Waals surface area contributed by atoms with Gasteiger partial charge in [-0.3, -0.25) is 10.1 Å². The van der Waals surface area contributed by atoms with Crippen molar-refractivity contribution in [3.8, 4) is 0 Å². The Hall–Kier alpha value is -2.34. The quantitative estimate of drug-likeness (QED) is 0.579. The second-order valence-electron chi connectivity index (χ2n) is 4.34. The molecular formula is C14H15N3O2S. The zero-order valence-corrected chi connectivity index (χ0v) is 11.5. The van der Waals surface area contributed by atoms with Crippen molar-refractivity contribution in [1.82, 2.24) is 0 Å². The Kier molecular flexibility index (Phi) is 4.05. The number of nitrogens with one attached hydrogen (secondary N) is 2. The van der Waals surface area contributed by atoms with Crippen molar-refractivity contribution in [3.63, 3.8) is 0 Å². The molecule has 6 heteroatoms. The first-order chi connectivity index (χ1) is 9.46. The van der Waals surface area contributed by atoms with Gasteiger partial charge in [0.15, 0.2) is 0 Å². The molecule has 0 saturated carbocycles. The Morgan fingerprint density at radius 1 is 1.10 bits per heavy atom. The van der Waals surface area contributed by atoms with Gasteiger partial charge < -0.3 is 5.73 Å². The highest BCUT2D eigenvalue weighted by atomic mass is 32.2. The van der Waals surface area contributed by atoms with Gasteiger partial charge in [0, 0.05) is 11.3 Å². The third-order valence-electron chi connectivity index (χ3n) is 2.65. The summed E-state index contributed by atoms with van der Waals surface area (Å²) in [5, 5.41) is 7.34. The van der Waals surface area contributed by atoms with Crippen LogP contribution in [0.25, 0.3) is 0 Å². The maximum atomic E-state index is 12.1. The molecule has 0 aliphatic rings. The normalized spacial score (nSPS) is 11.0. The van der Waals surface area contributed by atoms with Gasteiger partial charge in [-0.2, -0.15) is 0 Å². The summed E-state index contributed by atoms with van der Waals surface area (Å²) >= 11 is 0. The minimum Gasteiger partial charge on any atom is -0.384 e. The lowest BCUT2D eigenvalue weighted by Gasteiger charge is -2.09. The molecule has 2 aromatic carbocycles. The van der Waals surface area contributed by atoms with E-state index in [0.29, 0.717) is 16.8 Å². The van der Waals surface area contributed by atoms with Gasteiger partial charge in [0.05, 0.1) is 5.75 Å². The van der Waals surface area contributed by atoms with Gasteiger partial charge in [-0.05, 0) is 17.7 Å². The largest absolute Gasteiger partial charge is 0.384 e. The van der Waals surface area contributed by atoms with Gasteiger partial charge in [-0.1, -0.05) is 42.5 Å². The number of anilines is 1. The number of hydrogen-bond acceptors (Lipinski definition) is 3. The van der Waals surface area contributed by atoms with E-state index < -0.39 is 10.0 Å². The fourth-order valence-electron chi connectivity index (χ4n) is 1.76. The van der Waals surface area contributed by atoms with Gasteiger partial charge >= 0.3 is 0 Å². The number of rotatable bonds is 5. The molecular weight excluding hydrogens is 274 g/mol. The third-order valence-corrected chi connectivity index (χ3v) is 3.91. The molecule has 5 nitrogen and oxygen atoms in total. The molecule has 0 radical (unpaired) electrons. The van der Waals surface area contributed by atoms with Crippen LogP contribution in [0, 0.1) is 5.41 Å². The summed E-state index contributed by atoms with van der Waals surface area (Å²) in [7, 11) is -3.49. The average molecular weight is 289 g/mol. The van der Waals surface area contributed by atoms with Crippen LogP contribution < -0.4 is 10.5 Å². The van der Waals surface area contributed by atoms with Gasteiger partial charge in [0.25, 0.3) is 0 Å². The van der Waals surface area contributed by atoms with Crippen molar-refractivity contribution >= 4 is 21.5 Å². The molecule has 4 N–H and O–H groups in total. The topological polar surface area (TPSA) is 96.0 Å². The molecule has 0 aliphatic carbocycles. The summed E-state index contributed by atoms with van der Waals surface area (Å²) in [4.78, 5) is 0. The van der Waals surface area contributed by atoms with Crippen LogP contribution in [0.2, 0.25) is 0 Å². The molecule has 20 heavy (non-hydrogen) atoms. The van der Waals surface area contributed by atoms with Gasteiger partial charge in [0.1, 0.15) is 5.84 Å². The maximum Gasteiger partial charge on any atom is 0.236 e. The molecule has 0 unspecified atom stereocenters. The number of benzene rings is 2. The summed E-state index contributed by atoms with van der Waals surface area (Å²) in [5.74, 6) is -0.202. The molecule has 0 saturated heterocycles. The number of nitrogen functional groups attached to an aromatic ring is 1. The van der Waals surface area contributed by atoms with Crippen molar-refractivity contribution in [3.05, 3.63) is 65.7 Å². The zero-order valence-electron chi connectivity index (χ0n) is 10.7. The Morgan fingerprint density at radius 2 is 1.80 bits per heavy atom. The van der Waals surface area contributed by atoms with E-state index in [-0.39, 0.29) is 11.6 Å². The Bertz CT molecular complexity index is 712. The van der Waals surface area contributed by atoms with Crippen molar-refractivity contribution in [2.75, 3.05) is 4.72 Å². The SMILES string of the molecule is N=C(N)c1cccc(NS(=O)(=O)Cc2ccccc2)c1. The highest BCUT2D eigenvalue weighted by Gasteiger charge is 2.12. The zero-order chi connectivity index (χ0) is 14.6. The number of amidine groups is 1. The summed E-state index contributed by atoms with van der Waals surface area (Å²) in [6, 6.07) is 15.4. The lowest BCUT2D eigenvalue weighted by atomic mass is 10.2. The monoisotopic (exact) mass is 289 g/mol. The second-order valence-corrected chi connectivity index (χ2v) is 6.06. The van der Waals surface area contributed by atoms with Gasteiger partial charge in [-0.15, -0.1) is 0 Å². The highest BCUT2D eigenvalue weighted by molar-refractivity contribution is 7.91. The van der Waals surface area contributed by atoms with Crippen molar-refractivity contribution in [1.29, 1.82) is 5.41 Å². The van der Waals surface area contributed by atoms with Crippen LogP contribution in [-0.4, -0.2) is 14.3 Å². The Labute approximate surface area is 118 Å². The Balaban J connectivity index is 2.16. The first-order valence-corrected chi connectivity index (χ1v) is 7.60. The van der Waals surface area contributed by atoms with E-state index in [1.165, 1.54) is 6.07 Å². The molecule has 0 aromatic heterocycles. The van der Waals surface area contributed by atoms with Crippen LogP contribution in [0.4, 0.5) is 5.69 Å². The maximum absolute atomic E-state index is 12.1. The lowest BCUT2D eigenvalue weighted by molar-refractivity contribution is 0.600. The van der Waals surface area contributed by atoms with E-state index in [0.717, 1.165) is 0 Å². The fraction of sp³-hybridized carbons (Fsp3) is 0.0714.